The van der Waals surface area contributed by atoms with Gasteiger partial charge in [0.2, 0.25) is 0 Å². The molecule has 1 nitrogen and oxygen atoms in total. The maximum absolute atomic E-state index is 3.90. The number of aromatic nitrogens is 1. The molecule has 10 rings (SSSR count). The first-order valence-corrected chi connectivity index (χ1v) is 16.9. The van der Waals surface area contributed by atoms with Crippen molar-refractivity contribution in [1.82, 2.24) is 4.98 Å². The third kappa shape index (κ3) is 3.85. The molecule has 0 saturated carbocycles. The monoisotopic (exact) mass is 611 g/mol. The minimum atomic E-state index is 0.0147. The van der Waals surface area contributed by atoms with Crippen molar-refractivity contribution in [2.24, 2.45) is 0 Å². The van der Waals surface area contributed by atoms with Gasteiger partial charge in [0.15, 0.2) is 0 Å². The maximum atomic E-state index is 3.90. The highest BCUT2D eigenvalue weighted by molar-refractivity contribution is 6.32. The second-order valence-electron chi connectivity index (χ2n) is 13.8. The Balaban J connectivity index is 1.10. The van der Waals surface area contributed by atoms with Crippen molar-refractivity contribution >= 4 is 43.4 Å². The van der Waals surface area contributed by atoms with Gasteiger partial charge >= 0.3 is 0 Å². The zero-order chi connectivity index (χ0) is 32.0. The van der Waals surface area contributed by atoms with E-state index in [9.17, 15) is 0 Å². The average molecular weight is 612 g/mol. The summed E-state index contributed by atoms with van der Waals surface area (Å²) in [5.41, 5.74) is 15.3. The van der Waals surface area contributed by atoms with Crippen LogP contribution in [0.4, 0.5) is 0 Å². The van der Waals surface area contributed by atoms with Gasteiger partial charge in [-0.25, -0.2) is 0 Å². The Labute approximate surface area is 280 Å². The van der Waals surface area contributed by atoms with E-state index in [0.717, 1.165) is 0 Å². The van der Waals surface area contributed by atoms with Crippen LogP contribution in [0.1, 0.15) is 25.0 Å². The van der Waals surface area contributed by atoms with Crippen LogP contribution in [0, 0.1) is 0 Å². The molecular formula is C47H33N. The molecular weight excluding hydrogens is 579 g/mol. The van der Waals surface area contributed by atoms with Crippen LogP contribution in [0.15, 0.2) is 158 Å². The lowest BCUT2D eigenvalue weighted by molar-refractivity contribution is 0.660. The van der Waals surface area contributed by atoms with Crippen LogP contribution in [-0.4, -0.2) is 4.98 Å². The van der Waals surface area contributed by atoms with E-state index in [1.54, 1.807) is 0 Å². The van der Waals surface area contributed by atoms with E-state index in [2.05, 4.69) is 177 Å². The molecule has 0 aliphatic heterocycles. The van der Waals surface area contributed by atoms with Crippen LogP contribution in [0.2, 0.25) is 0 Å². The maximum Gasteiger partial charge on any atom is 0.0551 e. The van der Waals surface area contributed by atoms with Gasteiger partial charge < -0.3 is 4.98 Å². The van der Waals surface area contributed by atoms with Crippen LogP contribution in [0.5, 0.6) is 0 Å². The summed E-state index contributed by atoms with van der Waals surface area (Å²) in [6.45, 7) is 4.68. The van der Waals surface area contributed by atoms with Gasteiger partial charge in [0.25, 0.3) is 0 Å². The number of rotatable bonds is 3. The summed E-state index contributed by atoms with van der Waals surface area (Å²) >= 11 is 0. The number of hydrogen-bond donors (Lipinski definition) is 1. The van der Waals surface area contributed by atoms with Crippen molar-refractivity contribution in [1.29, 1.82) is 0 Å². The quantitative estimate of drug-likeness (QED) is 0.191. The second kappa shape index (κ2) is 10.0. The van der Waals surface area contributed by atoms with Gasteiger partial charge in [-0.15, -0.1) is 0 Å². The Morgan fingerprint density at radius 2 is 0.875 bits per heavy atom. The lowest BCUT2D eigenvalue weighted by atomic mass is 9.82. The molecule has 0 radical (unpaired) electrons. The van der Waals surface area contributed by atoms with Gasteiger partial charge in [-0.1, -0.05) is 153 Å². The molecule has 1 N–H and O–H groups in total. The molecule has 48 heavy (non-hydrogen) atoms. The van der Waals surface area contributed by atoms with Gasteiger partial charge in [-0.3, -0.25) is 0 Å². The molecule has 1 heterocycles. The normalized spacial score (nSPS) is 13.4. The average Bonchev–Trinajstić information content (AvgIpc) is 3.65. The van der Waals surface area contributed by atoms with E-state index in [1.165, 1.54) is 99.0 Å². The fourth-order valence-corrected chi connectivity index (χ4v) is 8.46. The molecule has 0 atom stereocenters. The minimum absolute atomic E-state index is 0.0147. The van der Waals surface area contributed by atoms with Crippen molar-refractivity contribution in [2.75, 3.05) is 0 Å². The van der Waals surface area contributed by atoms with Crippen LogP contribution < -0.4 is 0 Å². The smallest absolute Gasteiger partial charge is 0.0551 e. The second-order valence-corrected chi connectivity index (χ2v) is 13.8. The van der Waals surface area contributed by atoms with Crippen LogP contribution in [0.25, 0.3) is 87.9 Å². The molecule has 0 fully saturated rings. The summed E-state index contributed by atoms with van der Waals surface area (Å²) in [6.07, 6.45) is 0. The van der Waals surface area contributed by atoms with E-state index < -0.39 is 0 Å². The molecule has 0 unspecified atom stereocenters. The molecule has 0 saturated heterocycles. The Bertz CT molecular complexity index is 2760. The predicted molar refractivity (Wildman–Crippen MR) is 205 cm³/mol. The number of fused-ring (bicyclic) bond motifs is 11. The first-order valence-electron chi connectivity index (χ1n) is 16.9. The van der Waals surface area contributed by atoms with Crippen molar-refractivity contribution in [3.63, 3.8) is 0 Å². The Morgan fingerprint density at radius 1 is 0.354 bits per heavy atom. The highest BCUT2D eigenvalue weighted by atomic mass is 14.7. The number of aromatic amines is 1. The van der Waals surface area contributed by atoms with E-state index in [1.807, 2.05) is 0 Å². The highest BCUT2D eigenvalue weighted by Gasteiger charge is 2.35. The lowest BCUT2D eigenvalue weighted by Gasteiger charge is -2.21. The van der Waals surface area contributed by atoms with Crippen molar-refractivity contribution in [3.05, 3.63) is 169 Å². The number of para-hydroxylation sites is 1. The lowest BCUT2D eigenvalue weighted by Crippen LogP contribution is -2.14. The Hall–Kier alpha value is -5.92. The van der Waals surface area contributed by atoms with E-state index in [-0.39, 0.29) is 5.41 Å². The number of nitrogens with one attached hydrogen (secondary N) is 1. The third-order valence-corrected chi connectivity index (χ3v) is 10.8. The predicted octanol–water partition coefficient (Wildman–Crippen LogP) is 12.9. The van der Waals surface area contributed by atoms with Crippen LogP contribution >= 0.6 is 0 Å². The summed E-state index contributed by atoms with van der Waals surface area (Å²) in [6, 6.07) is 58.2. The van der Waals surface area contributed by atoms with Crippen LogP contribution in [-0.2, 0) is 5.41 Å². The first kappa shape index (κ1) is 27.2. The molecule has 1 aliphatic carbocycles. The zero-order valence-electron chi connectivity index (χ0n) is 27.0. The SMILES string of the molecule is CC1(C)c2ccccc2-c2cc(-c3cccc(-c4cccc(-c5cccc6c5[nH]c5c7ccccc7c7ccccc7c65)c4)c3)ccc21. The van der Waals surface area contributed by atoms with Crippen LogP contribution in [0.3, 0.4) is 0 Å². The fraction of sp³-hybridized carbons (Fsp3) is 0.0638. The molecule has 1 heteroatoms. The highest BCUT2D eigenvalue weighted by Crippen LogP contribution is 2.49. The number of hydrogen-bond acceptors (Lipinski definition) is 0. The summed E-state index contributed by atoms with van der Waals surface area (Å²) in [5.74, 6) is 0. The summed E-state index contributed by atoms with van der Waals surface area (Å²) in [7, 11) is 0. The van der Waals surface area contributed by atoms with Gasteiger partial charge in [-0.2, -0.15) is 0 Å². The minimum Gasteiger partial charge on any atom is -0.353 e. The molecule has 9 aromatic rings. The van der Waals surface area contributed by atoms with Gasteiger partial charge in [-0.05, 0) is 84.4 Å². The topological polar surface area (TPSA) is 15.8 Å². The molecule has 226 valence electrons. The van der Waals surface area contributed by atoms with E-state index in [0.29, 0.717) is 0 Å². The molecule has 8 aromatic carbocycles. The Kier molecular flexibility index (Phi) is 5.69. The standard InChI is InChI=1S/C47H33N/c1-47(2)42-23-8-7-18-37(42)41-28-32(24-25-43(41)47)30-13-9-12-29(26-30)31-14-10-15-33(27-31)34-21-11-22-40-44-38-19-5-3-16-35(38)36-17-4-6-20-39(36)46(44)48-45(34)40/h3-28,48H,1-2H3. The summed E-state index contributed by atoms with van der Waals surface area (Å²) in [4.78, 5) is 3.90. The molecule has 1 aliphatic rings. The fourth-order valence-electron chi connectivity index (χ4n) is 8.46. The van der Waals surface area contributed by atoms with Crippen molar-refractivity contribution < 1.29 is 0 Å². The van der Waals surface area contributed by atoms with Crippen molar-refractivity contribution in [3.8, 4) is 44.5 Å². The number of H-pyrrole nitrogens is 1. The van der Waals surface area contributed by atoms with E-state index >= 15 is 0 Å². The molecule has 1 aromatic heterocycles. The molecule has 0 amide bonds. The third-order valence-electron chi connectivity index (χ3n) is 10.8. The summed E-state index contributed by atoms with van der Waals surface area (Å²) in [5, 5.41) is 7.69. The zero-order valence-corrected chi connectivity index (χ0v) is 27.0. The van der Waals surface area contributed by atoms with Gasteiger partial charge in [0, 0.05) is 27.1 Å². The molecule has 0 spiro atoms. The van der Waals surface area contributed by atoms with E-state index in [4.69, 9.17) is 0 Å². The largest absolute Gasteiger partial charge is 0.353 e. The van der Waals surface area contributed by atoms with Gasteiger partial charge in [0.1, 0.15) is 0 Å². The Morgan fingerprint density at radius 3 is 1.65 bits per heavy atom. The molecule has 0 bridgehead atoms. The van der Waals surface area contributed by atoms with Crippen molar-refractivity contribution in [2.45, 2.75) is 19.3 Å². The first-order chi connectivity index (χ1) is 23.6. The number of benzene rings is 8. The van der Waals surface area contributed by atoms with Gasteiger partial charge in [0.05, 0.1) is 11.0 Å². The summed E-state index contributed by atoms with van der Waals surface area (Å²) < 4.78 is 0.